The Hall–Kier alpha value is -0.860. The molecule has 3 heteroatoms. The standard InChI is InChI=1S/C12H20O3/c1-9-5-4-7-12(2,11(9)14)8-6-10(13)15-3/h9H,4-8H2,1-3H3/t9-,12-/m1/s1. The van der Waals surface area contributed by atoms with Crippen LogP contribution in [0.3, 0.4) is 0 Å². The topological polar surface area (TPSA) is 43.4 Å². The number of carbonyl (C=O) groups excluding carboxylic acids is 2. The molecule has 0 saturated heterocycles. The first kappa shape index (κ1) is 12.2. The van der Waals surface area contributed by atoms with Gasteiger partial charge in [0, 0.05) is 17.8 Å². The molecule has 0 aliphatic heterocycles. The fraction of sp³-hybridized carbons (Fsp3) is 0.833. The Balaban J connectivity index is 2.56. The van der Waals surface area contributed by atoms with Gasteiger partial charge in [0.05, 0.1) is 7.11 Å². The fourth-order valence-corrected chi connectivity index (χ4v) is 2.38. The van der Waals surface area contributed by atoms with Crippen molar-refractivity contribution in [3.8, 4) is 0 Å². The van der Waals surface area contributed by atoms with E-state index in [1.165, 1.54) is 7.11 Å². The van der Waals surface area contributed by atoms with Gasteiger partial charge < -0.3 is 4.74 Å². The van der Waals surface area contributed by atoms with E-state index in [0.717, 1.165) is 19.3 Å². The normalized spacial score (nSPS) is 31.4. The lowest BCUT2D eigenvalue weighted by molar-refractivity contribution is -0.142. The Bertz CT molecular complexity index is 260. The van der Waals surface area contributed by atoms with E-state index in [9.17, 15) is 9.59 Å². The SMILES string of the molecule is COC(=O)CC[C@@]1(C)CCC[C@@H](C)C1=O. The van der Waals surface area contributed by atoms with E-state index < -0.39 is 0 Å². The van der Waals surface area contributed by atoms with Crippen LogP contribution in [0.5, 0.6) is 0 Å². The van der Waals surface area contributed by atoms with Crippen LogP contribution in [-0.4, -0.2) is 18.9 Å². The number of methoxy groups -OCH3 is 1. The van der Waals surface area contributed by atoms with Crippen LogP contribution in [0, 0.1) is 11.3 Å². The minimum absolute atomic E-state index is 0.154. The van der Waals surface area contributed by atoms with Gasteiger partial charge in [-0.25, -0.2) is 0 Å². The molecule has 1 rings (SSSR count). The zero-order valence-electron chi connectivity index (χ0n) is 9.84. The molecule has 0 aromatic carbocycles. The Labute approximate surface area is 91.2 Å². The maximum absolute atomic E-state index is 12.0. The molecule has 0 bridgehead atoms. The minimum Gasteiger partial charge on any atom is -0.469 e. The van der Waals surface area contributed by atoms with Gasteiger partial charge in [0.1, 0.15) is 5.78 Å². The van der Waals surface area contributed by atoms with Crippen LogP contribution in [0.2, 0.25) is 0 Å². The van der Waals surface area contributed by atoms with Crippen LogP contribution >= 0.6 is 0 Å². The summed E-state index contributed by atoms with van der Waals surface area (Å²) in [7, 11) is 1.38. The molecule has 0 aromatic rings. The molecule has 1 aliphatic rings. The number of carbonyl (C=O) groups is 2. The van der Waals surface area contributed by atoms with Gasteiger partial charge in [-0.15, -0.1) is 0 Å². The summed E-state index contributed by atoms with van der Waals surface area (Å²) in [5.41, 5.74) is -0.300. The van der Waals surface area contributed by atoms with Gasteiger partial charge in [-0.2, -0.15) is 0 Å². The third kappa shape index (κ3) is 2.80. The largest absolute Gasteiger partial charge is 0.469 e. The molecular formula is C12H20O3. The van der Waals surface area contributed by atoms with Crippen molar-refractivity contribution in [1.29, 1.82) is 0 Å². The molecule has 0 heterocycles. The number of hydrogen-bond acceptors (Lipinski definition) is 3. The first-order chi connectivity index (χ1) is 6.99. The van der Waals surface area contributed by atoms with Crippen molar-refractivity contribution in [2.75, 3.05) is 7.11 Å². The highest BCUT2D eigenvalue weighted by Gasteiger charge is 2.38. The van der Waals surface area contributed by atoms with E-state index in [1.54, 1.807) is 0 Å². The highest BCUT2D eigenvalue weighted by Crippen LogP contribution is 2.39. The fourth-order valence-electron chi connectivity index (χ4n) is 2.38. The molecule has 15 heavy (non-hydrogen) atoms. The summed E-state index contributed by atoms with van der Waals surface area (Å²) in [5.74, 6) is 0.251. The van der Waals surface area contributed by atoms with E-state index in [2.05, 4.69) is 4.74 Å². The van der Waals surface area contributed by atoms with Gasteiger partial charge in [0.2, 0.25) is 0 Å². The van der Waals surface area contributed by atoms with Crippen LogP contribution in [0.25, 0.3) is 0 Å². The summed E-state index contributed by atoms with van der Waals surface area (Å²) in [6.45, 7) is 3.96. The van der Waals surface area contributed by atoms with Crippen molar-refractivity contribution in [2.45, 2.75) is 46.0 Å². The predicted octanol–water partition coefficient (Wildman–Crippen LogP) is 2.33. The monoisotopic (exact) mass is 212 g/mol. The van der Waals surface area contributed by atoms with Gasteiger partial charge in [0.25, 0.3) is 0 Å². The number of ether oxygens (including phenoxy) is 1. The summed E-state index contributed by atoms with van der Waals surface area (Å²) in [6, 6.07) is 0. The van der Waals surface area contributed by atoms with E-state index in [4.69, 9.17) is 0 Å². The van der Waals surface area contributed by atoms with Crippen LogP contribution in [-0.2, 0) is 14.3 Å². The highest BCUT2D eigenvalue weighted by molar-refractivity contribution is 5.87. The maximum Gasteiger partial charge on any atom is 0.305 e. The predicted molar refractivity (Wildman–Crippen MR) is 57.4 cm³/mol. The molecule has 0 spiro atoms. The van der Waals surface area contributed by atoms with E-state index in [-0.39, 0.29) is 17.3 Å². The number of hydrogen-bond donors (Lipinski definition) is 0. The van der Waals surface area contributed by atoms with Gasteiger partial charge in [0.15, 0.2) is 0 Å². The summed E-state index contributed by atoms with van der Waals surface area (Å²) in [6.07, 6.45) is 3.97. The third-order valence-electron chi connectivity index (χ3n) is 3.52. The Kier molecular flexibility index (Phi) is 3.89. The van der Waals surface area contributed by atoms with Gasteiger partial charge >= 0.3 is 5.97 Å². The average molecular weight is 212 g/mol. The first-order valence-corrected chi connectivity index (χ1v) is 5.61. The lowest BCUT2D eigenvalue weighted by atomic mass is 9.68. The Morgan fingerprint density at radius 1 is 1.60 bits per heavy atom. The molecule has 1 aliphatic carbocycles. The first-order valence-electron chi connectivity index (χ1n) is 5.61. The zero-order chi connectivity index (χ0) is 11.5. The summed E-state index contributed by atoms with van der Waals surface area (Å²) in [4.78, 5) is 23.0. The quantitative estimate of drug-likeness (QED) is 0.674. The molecule has 86 valence electrons. The molecule has 0 amide bonds. The maximum atomic E-state index is 12.0. The molecule has 0 radical (unpaired) electrons. The van der Waals surface area contributed by atoms with Gasteiger partial charge in [-0.3, -0.25) is 9.59 Å². The zero-order valence-corrected chi connectivity index (χ0v) is 9.84. The average Bonchev–Trinajstić information content (AvgIpc) is 2.23. The molecule has 0 N–H and O–H groups in total. The summed E-state index contributed by atoms with van der Waals surface area (Å²) in [5, 5.41) is 0. The number of Topliss-reactive ketones (excluding diaryl/α,β-unsaturated/α-hetero) is 1. The van der Waals surface area contributed by atoms with Crippen LogP contribution in [0.15, 0.2) is 0 Å². The molecule has 2 atom stereocenters. The van der Waals surface area contributed by atoms with Crippen molar-refractivity contribution in [3.63, 3.8) is 0 Å². The van der Waals surface area contributed by atoms with Crippen molar-refractivity contribution in [3.05, 3.63) is 0 Å². The molecule has 1 saturated carbocycles. The number of esters is 1. The van der Waals surface area contributed by atoms with Gasteiger partial charge in [-0.05, 0) is 19.3 Å². The molecule has 0 unspecified atom stereocenters. The van der Waals surface area contributed by atoms with E-state index >= 15 is 0 Å². The van der Waals surface area contributed by atoms with Crippen LogP contribution in [0.1, 0.15) is 46.0 Å². The van der Waals surface area contributed by atoms with Gasteiger partial charge in [-0.1, -0.05) is 20.3 Å². The lowest BCUT2D eigenvalue weighted by Crippen LogP contribution is -2.36. The van der Waals surface area contributed by atoms with Crippen molar-refractivity contribution < 1.29 is 14.3 Å². The minimum atomic E-state index is -0.300. The van der Waals surface area contributed by atoms with Crippen LogP contribution < -0.4 is 0 Å². The van der Waals surface area contributed by atoms with Crippen molar-refractivity contribution >= 4 is 11.8 Å². The molecule has 0 aromatic heterocycles. The van der Waals surface area contributed by atoms with E-state index in [1.807, 2.05) is 13.8 Å². The molecule has 3 nitrogen and oxygen atoms in total. The molecular weight excluding hydrogens is 192 g/mol. The number of rotatable bonds is 3. The highest BCUT2D eigenvalue weighted by atomic mass is 16.5. The molecule has 1 fully saturated rings. The number of ketones is 1. The Morgan fingerprint density at radius 2 is 2.27 bits per heavy atom. The Morgan fingerprint density at radius 3 is 2.87 bits per heavy atom. The lowest BCUT2D eigenvalue weighted by Gasteiger charge is -2.35. The van der Waals surface area contributed by atoms with E-state index in [0.29, 0.717) is 18.6 Å². The van der Waals surface area contributed by atoms with Crippen molar-refractivity contribution in [2.24, 2.45) is 11.3 Å². The third-order valence-corrected chi connectivity index (χ3v) is 3.52. The smallest absolute Gasteiger partial charge is 0.305 e. The summed E-state index contributed by atoms with van der Waals surface area (Å²) < 4.78 is 4.60. The summed E-state index contributed by atoms with van der Waals surface area (Å²) >= 11 is 0. The second-order valence-corrected chi connectivity index (χ2v) is 4.79. The second-order valence-electron chi connectivity index (χ2n) is 4.79. The second kappa shape index (κ2) is 4.77. The van der Waals surface area contributed by atoms with Crippen molar-refractivity contribution in [1.82, 2.24) is 0 Å². The van der Waals surface area contributed by atoms with Crippen LogP contribution in [0.4, 0.5) is 0 Å².